The number of ether oxygens (including phenoxy) is 1. The number of hydrogen-bond donors (Lipinski definition) is 2. The summed E-state index contributed by atoms with van der Waals surface area (Å²) in [5.41, 5.74) is 6.83. The quantitative estimate of drug-likeness (QED) is 0.843. The molecule has 2 aromatic rings. The highest BCUT2D eigenvalue weighted by Gasteiger charge is 2.19. The Labute approximate surface area is 139 Å². The van der Waals surface area contributed by atoms with Gasteiger partial charge in [-0.2, -0.15) is 0 Å². The lowest BCUT2D eigenvalue weighted by Crippen LogP contribution is -2.42. The van der Waals surface area contributed by atoms with E-state index < -0.39 is 18.0 Å². The predicted molar refractivity (Wildman–Crippen MR) is 88.4 cm³/mol. The number of nitrogens with two attached hydrogens (primary N) is 1. The van der Waals surface area contributed by atoms with Crippen molar-refractivity contribution in [1.29, 1.82) is 0 Å². The number of amides is 4. The van der Waals surface area contributed by atoms with Crippen molar-refractivity contribution in [2.45, 2.75) is 6.54 Å². The molecule has 0 saturated carbocycles. The van der Waals surface area contributed by atoms with E-state index in [-0.39, 0.29) is 6.54 Å². The zero-order chi connectivity index (χ0) is 17.5. The van der Waals surface area contributed by atoms with Gasteiger partial charge in [0.2, 0.25) is 0 Å². The monoisotopic (exact) mass is 327 g/mol. The average molecular weight is 327 g/mol. The minimum atomic E-state index is -0.859. The van der Waals surface area contributed by atoms with Crippen LogP contribution in [0, 0.1) is 0 Å². The number of methoxy groups -OCH3 is 1. The molecule has 7 nitrogen and oxygen atoms in total. The minimum Gasteiger partial charge on any atom is -0.465 e. The summed E-state index contributed by atoms with van der Waals surface area (Å²) in [5, 5.41) is 2.56. The van der Waals surface area contributed by atoms with E-state index in [1.54, 1.807) is 24.3 Å². The number of benzene rings is 2. The SMILES string of the molecule is COC(=O)c1ccc(NC(=O)N(Cc2ccccc2)C(N)=O)cc1. The molecule has 0 unspecified atom stereocenters. The molecule has 0 aliphatic carbocycles. The van der Waals surface area contributed by atoms with Crippen molar-refractivity contribution in [1.82, 2.24) is 4.90 Å². The molecule has 2 aromatic carbocycles. The third kappa shape index (κ3) is 4.33. The second-order valence-electron chi connectivity index (χ2n) is 4.91. The second kappa shape index (κ2) is 7.77. The van der Waals surface area contributed by atoms with Crippen LogP contribution in [0.15, 0.2) is 54.6 Å². The van der Waals surface area contributed by atoms with Gasteiger partial charge in [0.05, 0.1) is 19.2 Å². The van der Waals surface area contributed by atoms with E-state index in [0.717, 1.165) is 10.5 Å². The number of carbonyl (C=O) groups is 3. The fourth-order valence-corrected chi connectivity index (χ4v) is 2.01. The van der Waals surface area contributed by atoms with Crippen LogP contribution in [-0.4, -0.2) is 30.0 Å². The van der Waals surface area contributed by atoms with Crippen LogP contribution in [0.4, 0.5) is 15.3 Å². The molecule has 0 heterocycles. The van der Waals surface area contributed by atoms with E-state index in [9.17, 15) is 14.4 Å². The average Bonchev–Trinajstić information content (AvgIpc) is 2.60. The van der Waals surface area contributed by atoms with Gasteiger partial charge in [0.15, 0.2) is 0 Å². The van der Waals surface area contributed by atoms with E-state index in [2.05, 4.69) is 10.1 Å². The normalized spacial score (nSPS) is 9.88. The van der Waals surface area contributed by atoms with Gasteiger partial charge in [0.25, 0.3) is 0 Å². The Morgan fingerprint density at radius 1 is 1.04 bits per heavy atom. The Morgan fingerprint density at radius 3 is 2.21 bits per heavy atom. The molecule has 0 fully saturated rings. The van der Waals surface area contributed by atoms with Crippen molar-refractivity contribution in [2.75, 3.05) is 12.4 Å². The molecule has 0 aromatic heterocycles. The highest BCUT2D eigenvalue weighted by atomic mass is 16.5. The zero-order valence-corrected chi connectivity index (χ0v) is 13.1. The molecule has 0 spiro atoms. The Morgan fingerprint density at radius 2 is 1.67 bits per heavy atom. The molecule has 0 radical (unpaired) electrons. The third-order valence-corrected chi connectivity index (χ3v) is 3.25. The number of rotatable bonds is 4. The van der Waals surface area contributed by atoms with Gasteiger partial charge in [-0.1, -0.05) is 30.3 Å². The number of urea groups is 2. The van der Waals surface area contributed by atoms with Crippen LogP contribution in [0.5, 0.6) is 0 Å². The fraction of sp³-hybridized carbons (Fsp3) is 0.118. The molecule has 0 aliphatic rings. The maximum Gasteiger partial charge on any atom is 0.337 e. The number of anilines is 1. The van der Waals surface area contributed by atoms with E-state index in [0.29, 0.717) is 11.3 Å². The number of nitrogens with one attached hydrogen (secondary N) is 1. The van der Waals surface area contributed by atoms with Crippen LogP contribution < -0.4 is 11.1 Å². The molecule has 124 valence electrons. The molecule has 4 amide bonds. The maximum absolute atomic E-state index is 12.3. The molecular weight excluding hydrogens is 310 g/mol. The topological polar surface area (TPSA) is 102 Å². The number of hydrogen-bond acceptors (Lipinski definition) is 4. The van der Waals surface area contributed by atoms with Crippen LogP contribution in [0.1, 0.15) is 15.9 Å². The number of esters is 1. The first-order chi connectivity index (χ1) is 11.5. The molecule has 3 N–H and O–H groups in total. The van der Waals surface area contributed by atoms with Gasteiger partial charge in [-0.15, -0.1) is 0 Å². The lowest BCUT2D eigenvalue weighted by Gasteiger charge is -2.19. The van der Waals surface area contributed by atoms with Crippen molar-refractivity contribution >= 4 is 23.7 Å². The van der Waals surface area contributed by atoms with Crippen LogP contribution >= 0.6 is 0 Å². The highest BCUT2D eigenvalue weighted by molar-refractivity contribution is 6.00. The Balaban J connectivity index is 2.07. The standard InChI is InChI=1S/C17H17N3O4/c1-24-15(21)13-7-9-14(10-8-13)19-17(23)20(16(18)22)11-12-5-3-2-4-6-12/h2-10H,11H2,1H3,(H2,18,22)(H,19,23). The van der Waals surface area contributed by atoms with Gasteiger partial charge in [-0.3, -0.25) is 0 Å². The van der Waals surface area contributed by atoms with E-state index in [1.165, 1.54) is 31.4 Å². The summed E-state index contributed by atoms with van der Waals surface area (Å²) in [6.07, 6.45) is 0. The van der Waals surface area contributed by atoms with Crippen molar-refractivity contribution in [2.24, 2.45) is 5.73 Å². The van der Waals surface area contributed by atoms with E-state index in [4.69, 9.17) is 5.73 Å². The molecule has 24 heavy (non-hydrogen) atoms. The van der Waals surface area contributed by atoms with Crippen molar-refractivity contribution in [3.8, 4) is 0 Å². The maximum atomic E-state index is 12.3. The lowest BCUT2D eigenvalue weighted by molar-refractivity contribution is 0.0600. The van der Waals surface area contributed by atoms with Gasteiger partial charge < -0.3 is 15.8 Å². The van der Waals surface area contributed by atoms with Gasteiger partial charge >= 0.3 is 18.0 Å². The van der Waals surface area contributed by atoms with E-state index >= 15 is 0 Å². The molecule has 7 heteroatoms. The van der Waals surface area contributed by atoms with Gasteiger partial charge in [0.1, 0.15) is 0 Å². The zero-order valence-electron chi connectivity index (χ0n) is 13.1. The Hall–Kier alpha value is -3.35. The number of nitrogens with zero attached hydrogens (tertiary/aromatic N) is 1. The first-order valence-electron chi connectivity index (χ1n) is 7.11. The molecule has 0 bridgehead atoms. The summed E-state index contributed by atoms with van der Waals surface area (Å²) in [6.45, 7) is 0.0578. The Kier molecular flexibility index (Phi) is 5.51. The van der Waals surface area contributed by atoms with Crippen LogP contribution in [-0.2, 0) is 11.3 Å². The van der Waals surface area contributed by atoms with E-state index in [1.807, 2.05) is 6.07 Å². The molecular formula is C17H17N3O4. The van der Waals surface area contributed by atoms with Crippen molar-refractivity contribution < 1.29 is 19.1 Å². The molecule has 0 aliphatic heterocycles. The summed E-state index contributed by atoms with van der Waals surface area (Å²) in [7, 11) is 1.28. The fourth-order valence-electron chi connectivity index (χ4n) is 2.01. The van der Waals surface area contributed by atoms with Gasteiger partial charge in [-0.25, -0.2) is 19.3 Å². The molecule has 0 atom stereocenters. The summed E-state index contributed by atoms with van der Waals surface area (Å²) in [5.74, 6) is -0.476. The van der Waals surface area contributed by atoms with Crippen molar-refractivity contribution in [3.05, 3.63) is 65.7 Å². The summed E-state index contributed by atoms with van der Waals surface area (Å²) in [4.78, 5) is 36.1. The molecule has 2 rings (SSSR count). The first-order valence-corrected chi connectivity index (χ1v) is 7.11. The number of imide groups is 1. The summed E-state index contributed by atoms with van der Waals surface area (Å²) < 4.78 is 4.60. The number of primary amides is 1. The number of carbonyl (C=O) groups excluding carboxylic acids is 3. The van der Waals surface area contributed by atoms with Gasteiger partial charge in [0, 0.05) is 5.69 Å². The summed E-state index contributed by atoms with van der Waals surface area (Å²) >= 11 is 0. The van der Waals surface area contributed by atoms with Crippen LogP contribution in [0.2, 0.25) is 0 Å². The minimum absolute atomic E-state index is 0.0578. The lowest BCUT2D eigenvalue weighted by atomic mass is 10.2. The van der Waals surface area contributed by atoms with Gasteiger partial charge in [-0.05, 0) is 29.8 Å². The smallest absolute Gasteiger partial charge is 0.337 e. The predicted octanol–water partition coefficient (Wildman–Crippen LogP) is 2.59. The van der Waals surface area contributed by atoms with Crippen LogP contribution in [0.25, 0.3) is 0 Å². The summed E-state index contributed by atoms with van der Waals surface area (Å²) in [6, 6.07) is 13.6. The Bertz CT molecular complexity index is 729. The first kappa shape index (κ1) is 17.0. The van der Waals surface area contributed by atoms with Crippen molar-refractivity contribution in [3.63, 3.8) is 0 Å². The third-order valence-electron chi connectivity index (χ3n) is 3.25. The van der Waals surface area contributed by atoms with Crippen LogP contribution in [0.3, 0.4) is 0 Å². The second-order valence-corrected chi connectivity index (χ2v) is 4.91. The highest BCUT2D eigenvalue weighted by Crippen LogP contribution is 2.12. The molecule has 0 saturated heterocycles. The largest absolute Gasteiger partial charge is 0.465 e.